The molecule has 0 aliphatic heterocycles. The Balaban J connectivity index is 1.92. The highest BCUT2D eigenvalue weighted by Crippen LogP contribution is 2.13. The Morgan fingerprint density at radius 3 is 2.25 bits per heavy atom. The molecule has 0 saturated carbocycles. The Bertz CT molecular complexity index is 786. The summed E-state index contributed by atoms with van der Waals surface area (Å²) in [6, 6.07) is 15.3. The van der Waals surface area contributed by atoms with E-state index in [0.29, 0.717) is 17.7 Å². The van der Waals surface area contributed by atoms with Crippen molar-refractivity contribution in [2.75, 3.05) is 13.7 Å². The minimum atomic E-state index is -0.786. The molecule has 0 radical (unpaired) electrons. The second kappa shape index (κ2) is 10.9. The molecule has 28 heavy (non-hydrogen) atoms. The Labute approximate surface area is 164 Å². The number of ether oxygens (including phenoxy) is 2. The van der Waals surface area contributed by atoms with Crippen LogP contribution in [0.2, 0.25) is 0 Å². The fourth-order valence-corrected chi connectivity index (χ4v) is 2.70. The number of hydrogen-bond acceptors (Lipinski definition) is 5. The van der Waals surface area contributed by atoms with Gasteiger partial charge in [0.15, 0.2) is 5.78 Å². The van der Waals surface area contributed by atoms with E-state index < -0.39 is 12.0 Å². The Kier molecular flexibility index (Phi) is 8.21. The van der Waals surface area contributed by atoms with Gasteiger partial charge in [0.05, 0.1) is 13.7 Å². The summed E-state index contributed by atoms with van der Waals surface area (Å²) in [4.78, 5) is 36.7. The molecule has 1 atom stereocenters. The molecule has 2 rings (SSSR count). The van der Waals surface area contributed by atoms with E-state index in [4.69, 9.17) is 9.47 Å². The highest BCUT2D eigenvalue weighted by molar-refractivity contribution is 5.98. The minimum absolute atomic E-state index is 0.00441. The number of rotatable bonds is 10. The van der Waals surface area contributed by atoms with Gasteiger partial charge in [0.25, 0.3) is 0 Å². The van der Waals surface area contributed by atoms with Crippen molar-refractivity contribution in [3.63, 3.8) is 0 Å². The molecule has 0 aliphatic carbocycles. The van der Waals surface area contributed by atoms with Crippen LogP contribution >= 0.6 is 0 Å². The van der Waals surface area contributed by atoms with Crippen LogP contribution in [-0.2, 0) is 20.7 Å². The van der Waals surface area contributed by atoms with Gasteiger partial charge >= 0.3 is 5.97 Å². The molecule has 0 bridgehead atoms. The molecule has 0 aromatic heterocycles. The van der Waals surface area contributed by atoms with Crippen LogP contribution < -0.4 is 10.1 Å². The van der Waals surface area contributed by atoms with Gasteiger partial charge in [0.2, 0.25) is 5.91 Å². The Morgan fingerprint density at radius 1 is 0.964 bits per heavy atom. The Hall–Kier alpha value is -3.15. The lowest BCUT2D eigenvalue weighted by Crippen LogP contribution is -2.43. The molecule has 0 fully saturated rings. The average molecular weight is 383 g/mol. The number of nitrogens with one attached hydrogen (secondary N) is 1. The van der Waals surface area contributed by atoms with Gasteiger partial charge < -0.3 is 14.8 Å². The summed E-state index contributed by atoms with van der Waals surface area (Å²) in [5.41, 5.74) is 1.43. The maximum Gasteiger partial charge on any atom is 0.328 e. The molecule has 6 heteroatoms. The lowest BCUT2D eigenvalue weighted by atomic mass is 10.0. The third-order valence-electron chi connectivity index (χ3n) is 4.18. The van der Waals surface area contributed by atoms with Crippen molar-refractivity contribution in [2.24, 2.45) is 0 Å². The molecule has 0 unspecified atom stereocenters. The number of hydrogen-bond donors (Lipinski definition) is 1. The quantitative estimate of drug-likeness (QED) is 0.504. The third-order valence-corrected chi connectivity index (χ3v) is 4.18. The molecule has 2 aromatic carbocycles. The van der Waals surface area contributed by atoms with E-state index in [9.17, 15) is 14.4 Å². The monoisotopic (exact) mass is 383 g/mol. The van der Waals surface area contributed by atoms with Crippen molar-refractivity contribution in [3.05, 3.63) is 65.7 Å². The predicted molar refractivity (Wildman–Crippen MR) is 105 cm³/mol. The smallest absolute Gasteiger partial charge is 0.328 e. The third kappa shape index (κ3) is 6.54. The van der Waals surface area contributed by atoms with E-state index in [2.05, 4.69) is 5.32 Å². The average Bonchev–Trinajstić information content (AvgIpc) is 2.72. The van der Waals surface area contributed by atoms with Crippen molar-refractivity contribution in [2.45, 2.75) is 32.2 Å². The summed E-state index contributed by atoms with van der Waals surface area (Å²) < 4.78 is 10.1. The summed E-state index contributed by atoms with van der Waals surface area (Å²) >= 11 is 0. The highest BCUT2D eigenvalue weighted by atomic mass is 16.5. The number of esters is 1. The number of amides is 1. The predicted octanol–water partition coefficient (Wildman–Crippen LogP) is 2.95. The molecule has 0 saturated heterocycles. The molecule has 2 aromatic rings. The number of Topliss-reactive ketones (excluding diaryl/α,β-unsaturated/α-hetero) is 1. The zero-order chi connectivity index (χ0) is 20.4. The lowest BCUT2D eigenvalue weighted by Gasteiger charge is -2.17. The molecule has 1 amide bonds. The van der Waals surface area contributed by atoms with Gasteiger partial charge in [-0.15, -0.1) is 0 Å². The molecule has 148 valence electrons. The fraction of sp³-hybridized carbons (Fsp3) is 0.318. The van der Waals surface area contributed by atoms with Crippen LogP contribution in [0.4, 0.5) is 0 Å². The van der Waals surface area contributed by atoms with E-state index in [-0.39, 0.29) is 31.1 Å². The number of carbonyl (C=O) groups is 3. The van der Waals surface area contributed by atoms with E-state index in [1.165, 1.54) is 0 Å². The normalized spacial score (nSPS) is 11.4. The maximum atomic E-state index is 12.3. The van der Waals surface area contributed by atoms with Gasteiger partial charge in [-0.2, -0.15) is 0 Å². The number of carbonyl (C=O) groups excluding carboxylic acids is 3. The molecule has 0 aliphatic rings. The first-order valence-corrected chi connectivity index (χ1v) is 9.20. The zero-order valence-electron chi connectivity index (χ0n) is 16.1. The summed E-state index contributed by atoms with van der Waals surface area (Å²) in [7, 11) is 1.55. The van der Waals surface area contributed by atoms with Crippen LogP contribution in [0.1, 0.15) is 35.7 Å². The van der Waals surface area contributed by atoms with Crippen molar-refractivity contribution < 1.29 is 23.9 Å². The van der Waals surface area contributed by atoms with Crippen LogP contribution in [0.15, 0.2) is 54.6 Å². The van der Waals surface area contributed by atoms with Gasteiger partial charge in [-0.25, -0.2) is 4.79 Å². The number of benzene rings is 2. The van der Waals surface area contributed by atoms with Crippen LogP contribution in [0.5, 0.6) is 5.75 Å². The Morgan fingerprint density at radius 2 is 1.64 bits per heavy atom. The molecular formula is C22H25NO5. The van der Waals surface area contributed by atoms with Crippen LogP contribution in [0, 0.1) is 0 Å². The molecule has 6 nitrogen and oxygen atoms in total. The topological polar surface area (TPSA) is 81.7 Å². The summed E-state index contributed by atoms with van der Waals surface area (Å²) in [5, 5.41) is 2.69. The first-order valence-electron chi connectivity index (χ1n) is 9.20. The summed E-state index contributed by atoms with van der Waals surface area (Å²) in [6.45, 7) is 1.95. The molecule has 0 heterocycles. The van der Waals surface area contributed by atoms with Crippen molar-refractivity contribution in [1.29, 1.82) is 0 Å². The van der Waals surface area contributed by atoms with Crippen molar-refractivity contribution in [1.82, 2.24) is 5.32 Å². The van der Waals surface area contributed by atoms with Crippen LogP contribution in [0.25, 0.3) is 0 Å². The highest BCUT2D eigenvalue weighted by Gasteiger charge is 2.22. The lowest BCUT2D eigenvalue weighted by molar-refractivity contribution is -0.147. The minimum Gasteiger partial charge on any atom is -0.497 e. The van der Waals surface area contributed by atoms with Gasteiger partial charge in [0, 0.05) is 24.8 Å². The summed E-state index contributed by atoms with van der Waals surface area (Å²) in [5.74, 6) is -0.335. The van der Waals surface area contributed by atoms with Crippen molar-refractivity contribution in [3.8, 4) is 5.75 Å². The van der Waals surface area contributed by atoms with Crippen LogP contribution in [0.3, 0.4) is 0 Å². The van der Waals surface area contributed by atoms with Gasteiger partial charge in [0.1, 0.15) is 11.8 Å². The summed E-state index contributed by atoms with van der Waals surface area (Å²) in [6.07, 6.45) is 0.381. The van der Waals surface area contributed by atoms with Gasteiger partial charge in [-0.05, 0) is 36.8 Å². The maximum absolute atomic E-state index is 12.3. The van der Waals surface area contributed by atoms with E-state index in [1.54, 1.807) is 38.3 Å². The largest absolute Gasteiger partial charge is 0.497 e. The van der Waals surface area contributed by atoms with Gasteiger partial charge in [-0.1, -0.05) is 30.3 Å². The number of ketones is 1. The standard InChI is InChI=1S/C22H25NO5/c1-3-28-22(26)19(15-16-7-5-4-6-8-16)23-21(25)14-13-20(24)17-9-11-18(27-2)12-10-17/h4-12,19H,3,13-15H2,1-2H3,(H,23,25)/t19-/m0/s1. The van der Waals surface area contributed by atoms with Crippen molar-refractivity contribution >= 4 is 17.7 Å². The fourth-order valence-electron chi connectivity index (χ4n) is 2.70. The van der Waals surface area contributed by atoms with E-state index in [0.717, 1.165) is 5.56 Å². The first kappa shape index (κ1) is 21.2. The zero-order valence-corrected chi connectivity index (χ0v) is 16.1. The molecular weight excluding hydrogens is 358 g/mol. The van der Waals surface area contributed by atoms with Gasteiger partial charge in [-0.3, -0.25) is 9.59 Å². The first-order chi connectivity index (χ1) is 13.5. The SMILES string of the molecule is CCOC(=O)[C@H](Cc1ccccc1)NC(=O)CCC(=O)c1ccc(OC)cc1. The van der Waals surface area contributed by atoms with E-state index in [1.807, 2.05) is 30.3 Å². The molecule has 0 spiro atoms. The van der Waals surface area contributed by atoms with Crippen LogP contribution in [-0.4, -0.2) is 37.4 Å². The molecule has 1 N–H and O–H groups in total. The second-order valence-corrected chi connectivity index (χ2v) is 6.21. The second-order valence-electron chi connectivity index (χ2n) is 6.21. The van der Waals surface area contributed by atoms with E-state index >= 15 is 0 Å². The number of methoxy groups -OCH3 is 1.